The van der Waals surface area contributed by atoms with E-state index in [1.54, 1.807) is 6.92 Å². The number of carbonyl (C=O) groups is 2. The summed E-state index contributed by atoms with van der Waals surface area (Å²) in [6.45, 7) is 4.42. The van der Waals surface area contributed by atoms with Crippen molar-refractivity contribution in [2.45, 2.75) is 39.0 Å². The average molecular weight is 546 g/mol. The second-order valence-corrected chi connectivity index (χ2v) is 9.25. The highest BCUT2D eigenvalue weighted by molar-refractivity contribution is 7.81. The zero-order valence-electron chi connectivity index (χ0n) is 20.2. The number of thiocarbonyl (C=S) groups is 1. The van der Waals surface area contributed by atoms with E-state index in [9.17, 15) is 22.8 Å². The first-order chi connectivity index (χ1) is 17.8. The summed E-state index contributed by atoms with van der Waals surface area (Å²) in [5.74, 6) is -1.92. The van der Waals surface area contributed by atoms with Crippen LogP contribution in [0.4, 0.5) is 28.9 Å². The van der Waals surface area contributed by atoms with Crippen molar-refractivity contribution in [3.63, 3.8) is 0 Å². The Balaban J connectivity index is 1.62. The predicted molar refractivity (Wildman–Crippen MR) is 132 cm³/mol. The third-order valence-electron chi connectivity index (χ3n) is 6.04. The molecular formula is C25H19F4N5O3S. The van der Waals surface area contributed by atoms with Crippen molar-refractivity contribution < 1.29 is 31.6 Å². The van der Waals surface area contributed by atoms with Crippen LogP contribution < -0.4 is 15.1 Å². The topological polar surface area (TPSA) is 102 Å². The molecule has 196 valence electrons. The first-order valence-corrected chi connectivity index (χ1v) is 11.4. The zero-order chi connectivity index (χ0) is 28.0. The van der Waals surface area contributed by atoms with Crippen molar-refractivity contribution in [3.05, 3.63) is 76.8 Å². The average Bonchev–Trinajstić information content (AvgIpc) is 3.35. The SMILES string of the molecule is Cc1ncoc1C(=O)NCc1ccc(N2C(=S)N(c3ccc(C#N)c(C(F)(F)F)c3)C(=O)C2(C)C)cc1F. The normalized spacial score (nSPS) is 15.1. The summed E-state index contributed by atoms with van der Waals surface area (Å²) >= 11 is 5.46. The number of hydrogen-bond donors (Lipinski definition) is 1. The van der Waals surface area contributed by atoms with Crippen LogP contribution in [-0.4, -0.2) is 27.4 Å². The lowest BCUT2D eigenvalue weighted by molar-refractivity contribution is -0.137. The molecule has 3 aromatic rings. The lowest BCUT2D eigenvalue weighted by Gasteiger charge is -2.29. The van der Waals surface area contributed by atoms with Crippen molar-refractivity contribution in [1.29, 1.82) is 5.26 Å². The van der Waals surface area contributed by atoms with Gasteiger partial charge in [0.05, 0.1) is 28.6 Å². The Morgan fingerprint density at radius 2 is 1.89 bits per heavy atom. The highest BCUT2D eigenvalue weighted by Crippen LogP contribution is 2.39. The lowest BCUT2D eigenvalue weighted by Crippen LogP contribution is -2.44. The van der Waals surface area contributed by atoms with Crippen LogP contribution in [0.15, 0.2) is 47.2 Å². The number of hydrogen-bond acceptors (Lipinski definition) is 6. The highest BCUT2D eigenvalue weighted by Gasteiger charge is 2.50. The first kappa shape index (κ1) is 26.7. The van der Waals surface area contributed by atoms with Crippen molar-refractivity contribution in [2.24, 2.45) is 0 Å². The van der Waals surface area contributed by atoms with Crippen molar-refractivity contribution in [3.8, 4) is 6.07 Å². The van der Waals surface area contributed by atoms with Gasteiger partial charge in [0.1, 0.15) is 11.4 Å². The molecule has 0 bridgehead atoms. The third kappa shape index (κ3) is 4.58. The molecule has 1 fully saturated rings. The van der Waals surface area contributed by atoms with Gasteiger partial charge in [0.15, 0.2) is 11.5 Å². The van der Waals surface area contributed by atoms with E-state index in [0.717, 1.165) is 23.4 Å². The lowest BCUT2D eigenvalue weighted by atomic mass is 10.0. The Morgan fingerprint density at radius 3 is 2.47 bits per heavy atom. The van der Waals surface area contributed by atoms with Crippen molar-refractivity contribution in [2.75, 3.05) is 9.80 Å². The molecule has 0 aliphatic carbocycles. The fraction of sp³-hybridized carbons (Fsp3) is 0.240. The molecule has 8 nitrogen and oxygen atoms in total. The van der Waals surface area contributed by atoms with E-state index in [-0.39, 0.29) is 34.4 Å². The third-order valence-corrected chi connectivity index (χ3v) is 6.41. The molecule has 0 unspecified atom stereocenters. The molecule has 0 spiro atoms. The number of aromatic nitrogens is 1. The van der Waals surface area contributed by atoms with E-state index < -0.39 is 40.5 Å². The molecule has 4 rings (SSSR count). The number of rotatable bonds is 5. The number of anilines is 2. The number of benzene rings is 2. The van der Waals surface area contributed by atoms with Gasteiger partial charge in [-0.05, 0) is 63.3 Å². The quantitative estimate of drug-likeness (QED) is 0.361. The van der Waals surface area contributed by atoms with Crippen LogP contribution in [0.2, 0.25) is 0 Å². The summed E-state index contributed by atoms with van der Waals surface area (Å²) in [5.41, 5.74) is -2.67. The van der Waals surface area contributed by atoms with Gasteiger partial charge in [0.2, 0.25) is 5.76 Å². The van der Waals surface area contributed by atoms with Gasteiger partial charge < -0.3 is 14.6 Å². The summed E-state index contributed by atoms with van der Waals surface area (Å²) in [7, 11) is 0. The molecule has 2 amide bonds. The number of nitrogens with zero attached hydrogens (tertiary/aromatic N) is 4. The number of oxazole rings is 1. The predicted octanol–water partition coefficient (Wildman–Crippen LogP) is 4.86. The van der Waals surface area contributed by atoms with E-state index >= 15 is 4.39 Å². The standard InChI is InChI=1S/C25H19F4N5O3S/c1-13-20(37-12-32-13)21(35)31-11-15-5-7-17(9-19(15)26)34-23(38)33(22(36)24(34,2)3)16-6-4-14(10-30)18(8-16)25(27,28)29/h4-9,12H,11H2,1-3H3,(H,31,35). The number of halogens is 4. The first-order valence-electron chi connectivity index (χ1n) is 11.0. The van der Waals surface area contributed by atoms with E-state index in [1.807, 2.05) is 0 Å². The van der Waals surface area contributed by atoms with Crippen LogP contribution in [0, 0.1) is 24.1 Å². The summed E-state index contributed by atoms with van der Waals surface area (Å²) in [6, 6.07) is 8.33. The highest BCUT2D eigenvalue weighted by atomic mass is 32.1. The second-order valence-electron chi connectivity index (χ2n) is 8.88. The van der Waals surface area contributed by atoms with E-state index in [1.165, 1.54) is 43.0 Å². The molecule has 1 aliphatic rings. The fourth-order valence-corrected chi connectivity index (χ4v) is 4.58. The fourth-order valence-electron chi connectivity index (χ4n) is 4.05. The largest absolute Gasteiger partial charge is 0.438 e. The van der Waals surface area contributed by atoms with Crippen LogP contribution in [0.5, 0.6) is 0 Å². The Morgan fingerprint density at radius 1 is 1.21 bits per heavy atom. The summed E-state index contributed by atoms with van der Waals surface area (Å²) in [6.07, 6.45) is -3.71. The Hall–Kier alpha value is -4.31. The van der Waals surface area contributed by atoms with Crippen molar-refractivity contribution in [1.82, 2.24) is 10.3 Å². The number of aryl methyl sites for hydroxylation is 1. The van der Waals surface area contributed by atoms with Crippen molar-refractivity contribution >= 4 is 40.5 Å². The van der Waals surface area contributed by atoms with Crippen LogP contribution in [0.25, 0.3) is 0 Å². The maximum absolute atomic E-state index is 15.0. The molecule has 0 radical (unpaired) electrons. The van der Waals surface area contributed by atoms with Crippen LogP contribution in [-0.2, 0) is 17.5 Å². The minimum absolute atomic E-state index is 0.00119. The van der Waals surface area contributed by atoms with Gasteiger partial charge in [0.25, 0.3) is 11.8 Å². The molecule has 13 heteroatoms. The summed E-state index contributed by atoms with van der Waals surface area (Å²) in [5, 5.41) is 11.4. The van der Waals surface area contributed by atoms with Gasteiger partial charge >= 0.3 is 6.18 Å². The second kappa shape index (κ2) is 9.53. The van der Waals surface area contributed by atoms with Crippen LogP contribution >= 0.6 is 12.2 Å². The van der Waals surface area contributed by atoms with Gasteiger partial charge in [-0.2, -0.15) is 18.4 Å². The summed E-state index contributed by atoms with van der Waals surface area (Å²) < 4.78 is 60.6. The maximum Gasteiger partial charge on any atom is 0.417 e. The molecule has 0 atom stereocenters. The molecule has 2 aromatic carbocycles. The van der Waals surface area contributed by atoms with Gasteiger partial charge in [-0.1, -0.05) is 6.07 Å². The van der Waals surface area contributed by atoms with Gasteiger partial charge in [-0.25, -0.2) is 9.37 Å². The van der Waals surface area contributed by atoms with Gasteiger partial charge in [-0.15, -0.1) is 0 Å². The molecule has 38 heavy (non-hydrogen) atoms. The Bertz CT molecular complexity index is 1510. The minimum Gasteiger partial charge on any atom is -0.438 e. The minimum atomic E-state index is -4.83. The molecule has 1 aromatic heterocycles. The van der Waals surface area contributed by atoms with Gasteiger partial charge in [0, 0.05) is 17.8 Å². The number of nitrogens with one attached hydrogen (secondary N) is 1. The molecule has 1 aliphatic heterocycles. The molecule has 2 heterocycles. The molecule has 1 saturated heterocycles. The number of amides is 2. The summed E-state index contributed by atoms with van der Waals surface area (Å²) in [4.78, 5) is 31.6. The molecular weight excluding hydrogens is 526 g/mol. The van der Waals surface area contributed by atoms with E-state index in [4.69, 9.17) is 21.9 Å². The van der Waals surface area contributed by atoms with Crippen LogP contribution in [0.1, 0.15) is 46.8 Å². The number of alkyl halides is 3. The maximum atomic E-state index is 15.0. The Labute approximate surface area is 219 Å². The molecule has 0 saturated carbocycles. The van der Waals surface area contributed by atoms with Gasteiger partial charge in [-0.3, -0.25) is 14.5 Å². The number of carbonyl (C=O) groups excluding carboxylic acids is 2. The molecule has 1 N–H and O–H groups in total. The van der Waals surface area contributed by atoms with E-state index in [2.05, 4.69) is 10.3 Å². The Kier molecular flexibility index (Phi) is 6.71. The monoisotopic (exact) mass is 545 g/mol. The number of nitriles is 1. The van der Waals surface area contributed by atoms with Crippen LogP contribution in [0.3, 0.4) is 0 Å². The zero-order valence-corrected chi connectivity index (χ0v) is 21.0. The van der Waals surface area contributed by atoms with E-state index in [0.29, 0.717) is 11.8 Å². The smallest absolute Gasteiger partial charge is 0.417 e.